The van der Waals surface area contributed by atoms with Crippen LogP contribution in [-0.4, -0.2) is 15.3 Å². The molecule has 23 heavy (non-hydrogen) atoms. The molecule has 1 aliphatic heterocycles. The number of para-hydroxylation sites is 1. The van der Waals surface area contributed by atoms with Gasteiger partial charge in [-0.1, -0.05) is 59.9 Å². The van der Waals surface area contributed by atoms with Gasteiger partial charge in [0.05, 0.1) is 10.6 Å². The van der Waals surface area contributed by atoms with Crippen LogP contribution in [0, 0.1) is 13.8 Å². The molecule has 0 atom stereocenters. The second kappa shape index (κ2) is 6.18. The standard InChI is InChI=1S/C18H15NO2S2/c1-11-7-8-14(12(2)9-11)19-17(21)16(23-18(19)22)10-13-5-3-4-6-15(13)20/h3-10,20H,1-2H3/b16-10-. The number of benzene rings is 2. The van der Waals surface area contributed by atoms with Gasteiger partial charge < -0.3 is 5.11 Å². The zero-order chi connectivity index (χ0) is 16.6. The molecule has 2 aromatic rings. The van der Waals surface area contributed by atoms with Crippen LogP contribution in [-0.2, 0) is 4.79 Å². The molecule has 1 fully saturated rings. The van der Waals surface area contributed by atoms with Crippen LogP contribution in [0.3, 0.4) is 0 Å². The number of carbonyl (C=O) groups excluding carboxylic acids is 1. The first-order chi connectivity index (χ1) is 11.0. The molecule has 0 saturated carbocycles. The highest BCUT2D eigenvalue weighted by Crippen LogP contribution is 2.38. The average molecular weight is 341 g/mol. The summed E-state index contributed by atoms with van der Waals surface area (Å²) in [7, 11) is 0. The second-order valence-electron chi connectivity index (χ2n) is 5.37. The zero-order valence-corrected chi connectivity index (χ0v) is 14.4. The molecular weight excluding hydrogens is 326 g/mol. The molecule has 0 aliphatic carbocycles. The van der Waals surface area contributed by atoms with Crippen molar-refractivity contribution in [2.75, 3.05) is 4.90 Å². The molecule has 1 saturated heterocycles. The number of hydrogen-bond acceptors (Lipinski definition) is 4. The molecule has 1 aliphatic rings. The van der Waals surface area contributed by atoms with Crippen molar-refractivity contribution in [1.29, 1.82) is 0 Å². The Labute approximate surface area is 144 Å². The zero-order valence-electron chi connectivity index (χ0n) is 12.7. The number of aromatic hydroxyl groups is 1. The predicted octanol–water partition coefficient (Wildman–Crippen LogP) is 4.41. The fraction of sp³-hybridized carbons (Fsp3) is 0.111. The average Bonchev–Trinajstić information content (AvgIpc) is 2.77. The van der Waals surface area contributed by atoms with E-state index in [0.29, 0.717) is 14.8 Å². The number of hydrogen-bond donors (Lipinski definition) is 1. The summed E-state index contributed by atoms with van der Waals surface area (Å²) in [5, 5.41) is 9.87. The molecule has 0 spiro atoms. The predicted molar refractivity (Wildman–Crippen MR) is 99.7 cm³/mol. The van der Waals surface area contributed by atoms with Crippen LogP contribution < -0.4 is 4.90 Å². The maximum absolute atomic E-state index is 12.7. The Morgan fingerprint density at radius 1 is 1.17 bits per heavy atom. The number of phenols is 1. The van der Waals surface area contributed by atoms with Crippen molar-refractivity contribution in [3.63, 3.8) is 0 Å². The van der Waals surface area contributed by atoms with Crippen molar-refractivity contribution < 1.29 is 9.90 Å². The van der Waals surface area contributed by atoms with Gasteiger partial charge in [0, 0.05) is 5.56 Å². The summed E-state index contributed by atoms with van der Waals surface area (Å²) in [6.07, 6.45) is 1.68. The molecule has 0 unspecified atom stereocenters. The minimum absolute atomic E-state index is 0.143. The highest BCUT2D eigenvalue weighted by Gasteiger charge is 2.34. The third-order valence-corrected chi connectivity index (χ3v) is 4.91. The van der Waals surface area contributed by atoms with Gasteiger partial charge >= 0.3 is 0 Å². The van der Waals surface area contributed by atoms with Gasteiger partial charge in [-0.25, -0.2) is 0 Å². The SMILES string of the molecule is Cc1ccc(N2C(=O)/C(=C/c3ccccc3O)SC2=S)c(C)c1. The van der Waals surface area contributed by atoms with Crippen molar-refractivity contribution >= 4 is 46.0 Å². The van der Waals surface area contributed by atoms with E-state index in [-0.39, 0.29) is 11.7 Å². The normalized spacial score (nSPS) is 16.4. The number of anilines is 1. The molecule has 0 bridgehead atoms. The fourth-order valence-electron chi connectivity index (χ4n) is 2.48. The van der Waals surface area contributed by atoms with E-state index in [2.05, 4.69) is 0 Å². The first-order valence-corrected chi connectivity index (χ1v) is 8.33. The van der Waals surface area contributed by atoms with Crippen LogP contribution >= 0.6 is 24.0 Å². The third-order valence-electron chi connectivity index (χ3n) is 3.61. The van der Waals surface area contributed by atoms with Crippen molar-refractivity contribution in [1.82, 2.24) is 0 Å². The summed E-state index contributed by atoms with van der Waals surface area (Å²) < 4.78 is 0.503. The molecule has 116 valence electrons. The molecule has 1 N–H and O–H groups in total. The van der Waals surface area contributed by atoms with E-state index in [1.807, 2.05) is 38.1 Å². The molecule has 3 nitrogen and oxygen atoms in total. The van der Waals surface area contributed by atoms with E-state index < -0.39 is 0 Å². The smallest absolute Gasteiger partial charge is 0.270 e. The first kappa shape index (κ1) is 15.8. The Balaban J connectivity index is 1.99. The van der Waals surface area contributed by atoms with E-state index in [4.69, 9.17) is 12.2 Å². The summed E-state index contributed by atoms with van der Waals surface area (Å²) in [5.74, 6) is -0.0144. The van der Waals surface area contributed by atoms with Gasteiger partial charge in [-0.2, -0.15) is 0 Å². The fourth-order valence-corrected chi connectivity index (χ4v) is 3.76. The minimum atomic E-state index is -0.157. The van der Waals surface area contributed by atoms with Crippen molar-refractivity contribution in [2.24, 2.45) is 0 Å². The summed E-state index contributed by atoms with van der Waals surface area (Å²) in [6, 6.07) is 12.8. The van der Waals surface area contributed by atoms with Gasteiger partial charge in [0.25, 0.3) is 5.91 Å². The Bertz CT molecular complexity index is 843. The van der Waals surface area contributed by atoms with Crippen LogP contribution in [0.15, 0.2) is 47.4 Å². The van der Waals surface area contributed by atoms with Crippen molar-refractivity contribution in [2.45, 2.75) is 13.8 Å². The molecule has 1 amide bonds. The molecule has 2 aromatic carbocycles. The summed E-state index contributed by atoms with van der Waals surface area (Å²) >= 11 is 6.63. The van der Waals surface area contributed by atoms with Gasteiger partial charge in [0.2, 0.25) is 0 Å². The van der Waals surface area contributed by atoms with Gasteiger partial charge in [-0.05, 0) is 37.6 Å². The number of phenolic OH excluding ortho intramolecular Hbond substituents is 1. The quantitative estimate of drug-likeness (QED) is 0.649. The maximum Gasteiger partial charge on any atom is 0.270 e. The van der Waals surface area contributed by atoms with Gasteiger partial charge in [0.15, 0.2) is 4.32 Å². The lowest BCUT2D eigenvalue weighted by Crippen LogP contribution is -2.28. The Morgan fingerprint density at radius 2 is 1.91 bits per heavy atom. The van der Waals surface area contributed by atoms with Crippen LogP contribution in [0.4, 0.5) is 5.69 Å². The van der Waals surface area contributed by atoms with Gasteiger partial charge in [-0.15, -0.1) is 0 Å². The number of nitrogens with zero attached hydrogens (tertiary/aromatic N) is 1. The summed E-state index contributed by atoms with van der Waals surface area (Å²) in [6.45, 7) is 3.98. The van der Waals surface area contributed by atoms with E-state index >= 15 is 0 Å². The Hall–Kier alpha value is -2.11. The maximum atomic E-state index is 12.7. The molecule has 1 heterocycles. The van der Waals surface area contributed by atoms with Crippen molar-refractivity contribution in [3.8, 4) is 5.75 Å². The third kappa shape index (κ3) is 3.02. The van der Waals surface area contributed by atoms with E-state index in [9.17, 15) is 9.90 Å². The Morgan fingerprint density at radius 3 is 2.61 bits per heavy atom. The highest BCUT2D eigenvalue weighted by atomic mass is 32.2. The number of aryl methyl sites for hydroxylation is 2. The van der Waals surface area contributed by atoms with E-state index in [1.54, 1.807) is 29.2 Å². The molecule has 0 radical (unpaired) electrons. The lowest BCUT2D eigenvalue weighted by atomic mass is 10.1. The largest absolute Gasteiger partial charge is 0.507 e. The lowest BCUT2D eigenvalue weighted by Gasteiger charge is -2.17. The topological polar surface area (TPSA) is 40.5 Å². The molecular formula is C18H15NO2S2. The first-order valence-electron chi connectivity index (χ1n) is 7.10. The molecule has 5 heteroatoms. The second-order valence-corrected chi connectivity index (χ2v) is 7.04. The monoisotopic (exact) mass is 341 g/mol. The van der Waals surface area contributed by atoms with E-state index in [0.717, 1.165) is 16.8 Å². The number of carbonyl (C=O) groups is 1. The van der Waals surface area contributed by atoms with Crippen LogP contribution in [0.1, 0.15) is 16.7 Å². The molecule has 3 rings (SSSR count). The number of rotatable bonds is 2. The van der Waals surface area contributed by atoms with Crippen LogP contribution in [0.5, 0.6) is 5.75 Å². The summed E-state index contributed by atoms with van der Waals surface area (Å²) in [4.78, 5) is 14.8. The molecule has 0 aromatic heterocycles. The van der Waals surface area contributed by atoms with Crippen LogP contribution in [0.25, 0.3) is 6.08 Å². The summed E-state index contributed by atoms with van der Waals surface area (Å²) in [5.41, 5.74) is 3.55. The lowest BCUT2D eigenvalue weighted by molar-refractivity contribution is -0.113. The number of thiocarbonyl (C=S) groups is 1. The van der Waals surface area contributed by atoms with Gasteiger partial charge in [-0.3, -0.25) is 9.69 Å². The number of amides is 1. The van der Waals surface area contributed by atoms with E-state index in [1.165, 1.54) is 11.8 Å². The number of thioether (sulfide) groups is 1. The Kier molecular flexibility index (Phi) is 4.24. The van der Waals surface area contributed by atoms with Crippen molar-refractivity contribution in [3.05, 3.63) is 64.1 Å². The minimum Gasteiger partial charge on any atom is -0.507 e. The van der Waals surface area contributed by atoms with Crippen LogP contribution in [0.2, 0.25) is 0 Å². The highest BCUT2D eigenvalue weighted by molar-refractivity contribution is 8.27. The van der Waals surface area contributed by atoms with Gasteiger partial charge in [0.1, 0.15) is 5.75 Å².